The maximum atomic E-state index is 10.6. The van der Waals surface area contributed by atoms with E-state index in [0.29, 0.717) is 17.7 Å². The summed E-state index contributed by atoms with van der Waals surface area (Å²) in [5.41, 5.74) is 0. The van der Waals surface area contributed by atoms with Crippen LogP contribution >= 0.6 is 0 Å². The predicted octanol–water partition coefficient (Wildman–Crippen LogP) is -0.0646. The van der Waals surface area contributed by atoms with Crippen molar-refractivity contribution in [3.05, 3.63) is 0 Å². The number of carboxylic acids is 1. The van der Waals surface area contributed by atoms with Crippen molar-refractivity contribution in [1.29, 1.82) is 0 Å². The minimum absolute atomic E-state index is 0. The molecule has 0 spiro atoms. The van der Waals surface area contributed by atoms with Crippen LogP contribution in [-0.2, 0) is 42.2 Å². The third-order valence-electron chi connectivity index (χ3n) is 2.56. The van der Waals surface area contributed by atoms with Crippen molar-refractivity contribution in [2.45, 2.75) is 6.92 Å². The first-order chi connectivity index (χ1) is 5.68. The molecule has 13 heavy (non-hydrogen) atoms. The molecule has 0 atom stereocenters. The van der Waals surface area contributed by atoms with Crippen LogP contribution in [0.15, 0.2) is 0 Å². The van der Waals surface area contributed by atoms with Crippen LogP contribution in [0, 0.1) is 0 Å². The average molecular weight is 263 g/mol. The molecule has 0 aromatic carbocycles. The molecule has 5 heteroatoms. The number of likely N-dealkylation sites (N-methyl/N-ethyl adjacent to an activating group) is 1. The van der Waals surface area contributed by atoms with Crippen molar-refractivity contribution < 1.29 is 51.8 Å². The number of ether oxygens (including phenoxy) is 1. The van der Waals surface area contributed by atoms with E-state index in [9.17, 15) is 4.79 Å². The molecule has 73 valence electrons. The summed E-state index contributed by atoms with van der Waals surface area (Å²) in [5.74, 6) is -0.709. The molecule has 0 aromatic heterocycles. The van der Waals surface area contributed by atoms with Gasteiger partial charge in [0.15, 0.2) is 6.54 Å². The second-order valence-corrected chi connectivity index (χ2v) is 3.27. The first-order valence-corrected chi connectivity index (χ1v) is 4.33. The third kappa shape index (κ3) is 4.02. The van der Waals surface area contributed by atoms with Crippen molar-refractivity contribution in [1.82, 2.24) is 0 Å². The molecule has 1 fully saturated rings. The minimum Gasteiger partial charge on any atom is -0.477 e. The van der Waals surface area contributed by atoms with E-state index in [4.69, 9.17) is 9.84 Å². The van der Waals surface area contributed by atoms with E-state index in [1.54, 1.807) is 0 Å². The average Bonchev–Trinajstić information content (AvgIpc) is 2.05. The summed E-state index contributed by atoms with van der Waals surface area (Å²) in [6.45, 7) is 6.22. The molecule has 1 N–H and O–H groups in total. The number of carboxylic acid groups (broad SMARTS) is 1. The van der Waals surface area contributed by atoms with Gasteiger partial charge >= 0.3 is 5.97 Å². The monoisotopic (exact) mass is 263 g/mol. The van der Waals surface area contributed by atoms with Gasteiger partial charge in [0.2, 0.25) is 0 Å². The SMILES string of the molecule is CC[N+]1(CC(=O)O)CCOCC1.[Y]. The van der Waals surface area contributed by atoms with Crippen molar-refractivity contribution in [3.8, 4) is 0 Å². The van der Waals surface area contributed by atoms with Gasteiger partial charge < -0.3 is 14.3 Å². The molecule has 1 heterocycles. The summed E-state index contributed by atoms with van der Waals surface area (Å²) in [6, 6.07) is 0. The molecule has 0 aliphatic carbocycles. The summed E-state index contributed by atoms with van der Waals surface area (Å²) in [4.78, 5) is 10.6. The largest absolute Gasteiger partial charge is 0.477 e. The molecule has 4 nitrogen and oxygen atoms in total. The van der Waals surface area contributed by atoms with E-state index in [-0.39, 0.29) is 39.3 Å². The summed E-state index contributed by atoms with van der Waals surface area (Å²) >= 11 is 0. The van der Waals surface area contributed by atoms with E-state index >= 15 is 0 Å². The van der Waals surface area contributed by atoms with Crippen LogP contribution in [0.5, 0.6) is 0 Å². The van der Waals surface area contributed by atoms with Crippen LogP contribution in [0.1, 0.15) is 6.92 Å². The van der Waals surface area contributed by atoms with E-state index in [1.807, 2.05) is 6.92 Å². The maximum absolute atomic E-state index is 10.6. The van der Waals surface area contributed by atoms with Gasteiger partial charge in [-0.25, -0.2) is 4.79 Å². The fourth-order valence-electron chi connectivity index (χ4n) is 1.60. The van der Waals surface area contributed by atoms with Gasteiger partial charge in [-0.3, -0.25) is 0 Å². The fourth-order valence-corrected chi connectivity index (χ4v) is 1.60. The normalized spacial score (nSPS) is 20.4. The van der Waals surface area contributed by atoms with Crippen LogP contribution < -0.4 is 0 Å². The molecular formula is C8H16NO3Y+. The van der Waals surface area contributed by atoms with Gasteiger partial charge in [0.25, 0.3) is 0 Å². The number of rotatable bonds is 3. The van der Waals surface area contributed by atoms with Crippen molar-refractivity contribution in [2.24, 2.45) is 0 Å². The van der Waals surface area contributed by atoms with E-state index < -0.39 is 5.97 Å². The van der Waals surface area contributed by atoms with Gasteiger partial charge in [-0.05, 0) is 6.92 Å². The van der Waals surface area contributed by atoms with E-state index in [2.05, 4.69) is 0 Å². The molecular weight excluding hydrogens is 247 g/mol. The Morgan fingerprint density at radius 3 is 2.38 bits per heavy atom. The van der Waals surface area contributed by atoms with Crippen LogP contribution in [0.4, 0.5) is 0 Å². The van der Waals surface area contributed by atoms with E-state index in [1.165, 1.54) is 0 Å². The summed E-state index contributed by atoms with van der Waals surface area (Å²) in [5, 5.41) is 8.71. The molecule has 0 bridgehead atoms. The molecule has 1 aliphatic heterocycles. The molecule has 1 rings (SSSR count). The Bertz CT molecular complexity index is 169. The van der Waals surface area contributed by atoms with Crippen LogP contribution in [0.3, 0.4) is 0 Å². The number of morpholine rings is 1. The number of nitrogens with zero attached hydrogens (tertiary/aromatic N) is 1. The van der Waals surface area contributed by atoms with Gasteiger partial charge in [0.1, 0.15) is 13.1 Å². The molecule has 0 saturated carbocycles. The Hall–Kier alpha value is 0.494. The zero-order chi connectivity index (χ0) is 9.03. The third-order valence-corrected chi connectivity index (χ3v) is 2.56. The van der Waals surface area contributed by atoms with Gasteiger partial charge in [-0.1, -0.05) is 0 Å². The number of carbonyl (C=O) groups is 1. The summed E-state index contributed by atoms with van der Waals surface area (Å²) in [7, 11) is 0. The second-order valence-electron chi connectivity index (χ2n) is 3.27. The standard InChI is InChI=1S/C8H15NO3.Y/c1-2-9(7-8(10)11)3-5-12-6-4-9;/h2-7H2,1H3;/p+1. The Balaban J connectivity index is 0.00000144. The first kappa shape index (κ1) is 13.5. The topological polar surface area (TPSA) is 46.5 Å². The molecule has 0 aromatic rings. The van der Waals surface area contributed by atoms with Crippen LogP contribution in [0.2, 0.25) is 0 Å². The summed E-state index contributed by atoms with van der Waals surface area (Å²) < 4.78 is 5.88. The van der Waals surface area contributed by atoms with Crippen molar-refractivity contribution in [2.75, 3.05) is 39.4 Å². The van der Waals surface area contributed by atoms with E-state index in [0.717, 1.165) is 19.6 Å². The van der Waals surface area contributed by atoms with Crippen molar-refractivity contribution >= 4 is 5.97 Å². The molecule has 1 saturated heterocycles. The zero-order valence-corrected chi connectivity index (χ0v) is 10.9. The number of quaternary nitrogens is 1. The molecule has 1 aliphatic rings. The Kier molecular flexibility index (Phi) is 6.30. The zero-order valence-electron chi connectivity index (χ0n) is 8.03. The van der Waals surface area contributed by atoms with Crippen LogP contribution in [0.25, 0.3) is 0 Å². The van der Waals surface area contributed by atoms with Gasteiger partial charge in [0.05, 0.1) is 19.8 Å². The summed E-state index contributed by atoms with van der Waals surface area (Å²) in [6.07, 6.45) is 0. The first-order valence-electron chi connectivity index (χ1n) is 4.33. The van der Waals surface area contributed by atoms with Gasteiger partial charge in [-0.15, -0.1) is 0 Å². The smallest absolute Gasteiger partial charge is 0.359 e. The number of hydrogen-bond donors (Lipinski definition) is 1. The second kappa shape index (κ2) is 6.07. The predicted molar refractivity (Wildman–Crippen MR) is 43.9 cm³/mol. The van der Waals surface area contributed by atoms with Crippen molar-refractivity contribution in [3.63, 3.8) is 0 Å². The fraction of sp³-hybridized carbons (Fsp3) is 0.875. The number of hydrogen-bond acceptors (Lipinski definition) is 2. The molecule has 0 unspecified atom stereocenters. The van der Waals surface area contributed by atoms with Crippen LogP contribution in [-0.4, -0.2) is 55.0 Å². The Labute approximate surface area is 104 Å². The molecule has 0 amide bonds. The van der Waals surface area contributed by atoms with Gasteiger partial charge in [0, 0.05) is 32.7 Å². The minimum atomic E-state index is -0.709. The number of aliphatic carboxylic acids is 1. The quantitative estimate of drug-likeness (QED) is 0.725. The Morgan fingerprint density at radius 1 is 1.46 bits per heavy atom. The Morgan fingerprint density at radius 2 is 2.00 bits per heavy atom. The maximum Gasteiger partial charge on any atom is 0.359 e. The van der Waals surface area contributed by atoms with Gasteiger partial charge in [-0.2, -0.15) is 0 Å². The molecule has 1 radical (unpaired) electrons.